The van der Waals surface area contributed by atoms with Gasteiger partial charge in [-0.3, -0.25) is 9.80 Å². The third-order valence-electron chi connectivity index (χ3n) is 6.87. The van der Waals surface area contributed by atoms with Gasteiger partial charge in [-0.05, 0) is 80.6 Å². The lowest BCUT2D eigenvalue weighted by atomic mass is 9.87. The van der Waals surface area contributed by atoms with E-state index in [1.165, 1.54) is 36.2 Å². The number of anilines is 1. The predicted octanol–water partition coefficient (Wildman–Crippen LogP) is 3.79. The van der Waals surface area contributed by atoms with Gasteiger partial charge in [-0.2, -0.15) is 0 Å². The molecule has 0 spiro atoms. The minimum atomic E-state index is 0.371. The topological polar surface area (TPSA) is 30.0 Å². The van der Waals surface area contributed by atoms with Crippen LogP contribution in [0.3, 0.4) is 0 Å². The Morgan fingerprint density at radius 3 is 2.58 bits per heavy atom. The molecular formula is C27H35N3O. The first-order valence-corrected chi connectivity index (χ1v) is 11.7. The van der Waals surface area contributed by atoms with E-state index in [0.717, 1.165) is 52.0 Å². The predicted molar refractivity (Wildman–Crippen MR) is 129 cm³/mol. The molecule has 4 nitrogen and oxygen atoms in total. The zero-order chi connectivity index (χ0) is 21.5. The molecule has 0 unspecified atom stereocenters. The molecular weight excluding hydrogens is 382 g/mol. The van der Waals surface area contributed by atoms with Crippen molar-refractivity contribution in [2.75, 3.05) is 50.7 Å². The average molecular weight is 418 g/mol. The summed E-state index contributed by atoms with van der Waals surface area (Å²) in [5.74, 6) is 3.24. The van der Waals surface area contributed by atoms with Crippen LogP contribution in [0.2, 0.25) is 0 Å². The monoisotopic (exact) mass is 417 g/mol. The summed E-state index contributed by atoms with van der Waals surface area (Å²) in [5.41, 5.74) is 4.01. The Kier molecular flexibility index (Phi) is 7.51. The Bertz CT molecular complexity index is 868. The van der Waals surface area contributed by atoms with Crippen LogP contribution in [0.1, 0.15) is 30.4 Å². The smallest absolute Gasteiger partial charge is 0.115 e. The van der Waals surface area contributed by atoms with Gasteiger partial charge < -0.3 is 10.0 Å². The minimum Gasteiger partial charge on any atom is -0.508 e. The number of terminal acetylenes is 1. The number of phenols is 1. The number of benzene rings is 2. The molecule has 2 aliphatic rings. The SMILES string of the molecule is C#CCN(CCCCN1CCN(c2ccccc2)CC1)[C@@H]1CCc2ccc(O)cc2C1. The van der Waals surface area contributed by atoms with Crippen LogP contribution in [0.4, 0.5) is 5.69 Å². The van der Waals surface area contributed by atoms with E-state index in [2.05, 4.69) is 57.0 Å². The third-order valence-corrected chi connectivity index (χ3v) is 6.87. The molecule has 1 aliphatic heterocycles. The normalized spacial score (nSPS) is 19.2. The van der Waals surface area contributed by atoms with E-state index < -0.39 is 0 Å². The number of hydrogen-bond donors (Lipinski definition) is 1. The van der Waals surface area contributed by atoms with Crippen molar-refractivity contribution >= 4 is 5.69 Å². The maximum atomic E-state index is 9.84. The Balaban J connectivity index is 1.20. The van der Waals surface area contributed by atoms with E-state index >= 15 is 0 Å². The molecule has 1 heterocycles. The minimum absolute atomic E-state index is 0.371. The number of aromatic hydroxyl groups is 1. The first-order chi connectivity index (χ1) is 15.2. The maximum Gasteiger partial charge on any atom is 0.115 e. The van der Waals surface area contributed by atoms with Crippen LogP contribution < -0.4 is 4.90 Å². The lowest BCUT2D eigenvalue weighted by molar-refractivity contribution is 0.190. The van der Waals surface area contributed by atoms with Gasteiger partial charge in [0.1, 0.15) is 5.75 Å². The van der Waals surface area contributed by atoms with Crippen molar-refractivity contribution in [3.63, 3.8) is 0 Å². The van der Waals surface area contributed by atoms with Gasteiger partial charge in [-0.15, -0.1) is 6.42 Å². The second-order valence-corrected chi connectivity index (χ2v) is 8.90. The summed E-state index contributed by atoms with van der Waals surface area (Å²) in [5, 5.41) is 9.84. The zero-order valence-electron chi connectivity index (χ0n) is 18.5. The van der Waals surface area contributed by atoms with E-state index in [9.17, 15) is 5.11 Å². The van der Waals surface area contributed by atoms with Crippen molar-refractivity contribution in [1.29, 1.82) is 0 Å². The molecule has 1 fully saturated rings. The number of hydrogen-bond acceptors (Lipinski definition) is 4. The summed E-state index contributed by atoms with van der Waals surface area (Å²) >= 11 is 0. The Morgan fingerprint density at radius 2 is 1.81 bits per heavy atom. The molecule has 1 N–H and O–H groups in total. The summed E-state index contributed by atoms with van der Waals surface area (Å²) in [7, 11) is 0. The summed E-state index contributed by atoms with van der Waals surface area (Å²) in [6, 6.07) is 17.0. The molecule has 2 aromatic carbocycles. The maximum absolute atomic E-state index is 9.84. The Labute approximate surface area is 187 Å². The zero-order valence-corrected chi connectivity index (χ0v) is 18.5. The molecule has 1 aliphatic carbocycles. The quantitative estimate of drug-likeness (QED) is 0.523. The van der Waals surface area contributed by atoms with Gasteiger partial charge in [0, 0.05) is 37.9 Å². The summed E-state index contributed by atoms with van der Waals surface area (Å²) < 4.78 is 0. The molecule has 4 heteroatoms. The van der Waals surface area contributed by atoms with Crippen LogP contribution in [0.25, 0.3) is 0 Å². The molecule has 0 bridgehead atoms. The van der Waals surface area contributed by atoms with Crippen LogP contribution in [0.15, 0.2) is 48.5 Å². The summed E-state index contributed by atoms with van der Waals surface area (Å²) in [6.07, 6.45) is 11.3. The highest BCUT2D eigenvalue weighted by Crippen LogP contribution is 2.27. The second-order valence-electron chi connectivity index (χ2n) is 8.90. The van der Waals surface area contributed by atoms with Gasteiger partial charge in [-0.1, -0.05) is 30.2 Å². The molecule has 1 saturated heterocycles. The largest absolute Gasteiger partial charge is 0.508 e. The fraction of sp³-hybridized carbons (Fsp3) is 0.481. The molecule has 0 radical (unpaired) electrons. The van der Waals surface area contributed by atoms with Crippen molar-refractivity contribution in [3.05, 3.63) is 59.7 Å². The molecule has 0 aromatic heterocycles. The number of unbranched alkanes of at least 4 members (excludes halogenated alkanes) is 1. The van der Waals surface area contributed by atoms with Gasteiger partial charge in [0.25, 0.3) is 0 Å². The van der Waals surface area contributed by atoms with Crippen LogP contribution in [-0.2, 0) is 12.8 Å². The lowest BCUT2D eigenvalue weighted by Gasteiger charge is -2.36. The molecule has 164 valence electrons. The number of para-hydroxylation sites is 1. The van der Waals surface area contributed by atoms with Crippen LogP contribution >= 0.6 is 0 Å². The highest BCUT2D eigenvalue weighted by atomic mass is 16.3. The lowest BCUT2D eigenvalue weighted by Crippen LogP contribution is -2.46. The van der Waals surface area contributed by atoms with Crippen molar-refractivity contribution in [2.24, 2.45) is 0 Å². The Morgan fingerprint density at radius 1 is 1.00 bits per heavy atom. The second kappa shape index (κ2) is 10.7. The number of phenolic OH excluding ortho intramolecular Hbond substituents is 1. The fourth-order valence-corrected chi connectivity index (χ4v) is 5.06. The van der Waals surface area contributed by atoms with Crippen molar-refractivity contribution in [2.45, 2.75) is 38.1 Å². The standard InChI is InChI=1S/C27H35N3O/c1-2-14-29(26-12-10-23-11-13-27(31)22-24(23)21-26)16-7-6-15-28-17-19-30(20-18-28)25-8-4-3-5-9-25/h1,3-5,8-9,11,13,22,26,31H,6-7,10,12,14-21H2/t26-/m1/s1. The number of fused-ring (bicyclic) bond motifs is 1. The van der Waals surface area contributed by atoms with Crippen molar-refractivity contribution < 1.29 is 5.11 Å². The van der Waals surface area contributed by atoms with E-state index in [4.69, 9.17) is 6.42 Å². The number of piperazine rings is 1. The van der Waals surface area contributed by atoms with Crippen molar-refractivity contribution in [1.82, 2.24) is 9.80 Å². The fourth-order valence-electron chi connectivity index (χ4n) is 5.06. The first-order valence-electron chi connectivity index (χ1n) is 11.7. The molecule has 2 aromatic rings. The number of nitrogens with zero attached hydrogens (tertiary/aromatic N) is 3. The average Bonchev–Trinajstić information content (AvgIpc) is 2.81. The van der Waals surface area contributed by atoms with Gasteiger partial charge in [0.15, 0.2) is 0 Å². The highest BCUT2D eigenvalue weighted by molar-refractivity contribution is 5.46. The highest BCUT2D eigenvalue weighted by Gasteiger charge is 2.24. The van der Waals surface area contributed by atoms with Crippen LogP contribution in [0, 0.1) is 12.3 Å². The van der Waals surface area contributed by atoms with E-state index in [-0.39, 0.29) is 0 Å². The van der Waals surface area contributed by atoms with E-state index in [1.807, 2.05) is 6.07 Å². The van der Waals surface area contributed by atoms with Gasteiger partial charge in [-0.25, -0.2) is 0 Å². The molecule has 0 saturated carbocycles. The number of rotatable bonds is 8. The van der Waals surface area contributed by atoms with E-state index in [1.54, 1.807) is 6.07 Å². The van der Waals surface area contributed by atoms with E-state index in [0.29, 0.717) is 18.3 Å². The van der Waals surface area contributed by atoms with Crippen LogP contribution in [0.5, 0.6) is 5.75 Å². The van der Waals surface area contributed by atoms with Gasteiger partial charge in [0.05, 0.1) is 6.54 Å². The molecule has 31 heavy (non-hydrogen) atoms. The summed E-state index contributed by atoms with van der Waals surface area (Å²) in [6.45, 7) is 7.47. The molecule has 1 atom stereocenters. The molecule has 0 amide bonds. The van der Waals surface area contributed by atoms with Gasteiger partial charge in [0.2, 0.25) is 0 Å². The van der Waals surface area contributed by atoms with Crippen molar-refractivity contribution in [3.8, 4) is 18.1 Å². The number of aryl methyl sites for hydroxylation is 1. The molecule has 4 rings (SSSR count). The summed E-state index contributed by atoms with van der Waals surface area (Å²) in [4.78, 5) is 7.58. The van der Waals surface area contributed by atoms with Crippen LogP contribution in [-0.4, -0.2) is 66.8 Å². The third kappa shape index (κ3) is 5.81. The van der Waals surface area contributed by atoms with Gasteiger partial charge >= 0.3 is 0 Å². The Hall–Kier alpha value is -2.48. The first kappa shape index (κ1) is 21.7.